The van der Waals surface area contributed by atoms with Crippen molar-refractivity contribution >= 4 is 43.4 Å². The van der Waals surface area contributed by atoms with E-state index in [4.69, 9.17) is 5.73 Å². The van der Waals surface area contributed by atoms with Gasteiger partial charge in [0, 0.05) is 22.0 Å². The molecule has 19 heavy (non-hydrogen) atoms. The molecule has 0 spiro atoms. The van der Waals surface area contributed by atoms with Crippen LogP contribution >= 0.6 is 27.7 Å². The highest BCUT2D eigenvalue weighted by Gasteiger charge is 2.24. The Kier molecular flexibility index (Phi) is 4.81. The van der Waals surface area contributed by atoms with E-state index < -0.39 is 10.0 Å². The third-order valence-corrected chi connectivity index (χ3v) is 6.46. The van der Waals surface area contributed by atoms with Gasteiger partial charge in [-0.25, -0.2) is 13.1 Å². The fourth-order valence-electron chi connectivity index (χ4n) is 2.07. The van der Waals surface area contributed by atoms with Gasteiger partial charge in [0.1, 0.15) is 0 Å². The number of anilines is 1. The minimum Gasteiger partial charge on any atom is -0.398 e. The molecular formula is C12H17BrN2O2S2. The van der Waals surface area contributed by atoms with E-state index in [1.54, 1.807) is 30.8 Å². The second-order valence-electron chi connectivity index (χ2n) is 4.65. The number of hydrogen-bond acceptors (Lipinski definition) is 4. The molecule has 1 aromatic rings. The van der Waals surface area contributed by atoms with Crippen LogP contribution in [0.4, 0.5) is 5.69 Å². The summed E-state index contributed by atoms with van der Waals surface area (Å²) < 4.78 is 28.3. The maximum Gasteiger partial charge on any atom is 0.241 e. The highest BCUT2D eigenvalue weighted by molar-refractivity contribution is 9.10. The van der Waals surface area contributed by atoms with E-state index in [1.165, 1.54) is 0 Å². The monoisotopic (exact) mass is 364 g/mol. The molecule has 1 heterocycles. The van der Waals surface area contributed by atoms with Crippen molar-refractivity contribution in [3.05, 3.63) is 22.2 Å². The van der Waals surface area contributed by atoms with Crippen LogP contribution in [0.2, 0.25) is 0 Å². The minimum absolute atomic E-state index is 0.0170. The van der Waals surface area contributed by atoms with Crippen LogP contribution < -0.4 is 10.5 Å². The Hall–Kier alpha value is -0.240. The van der Waals surface area contributed by atoms with E-state index in [0.29, 0.717) is 15.7 Å². The fourth-order valence-corrected chi connectivity index (χ4v) is 5.44. The zero-order valence-corrected chi connectivity index (χ0v) is 13.9. The van der Waals surface area contributed by atoms with Crippen LogP contribution in [0.25, 0.3) is 0 Å². The molecule has 0 bridgehead atoms. The summed E-state index contributed by atoms with van der Waals surface area (Å²) in [5.74, 6) is 1.95. The number of benzene rings is 1. The summed E-state index contributed by atoms with van der Waals surface area (Å²) in [7, 11) is -3.51. The molecule has 1 atom stereocenters. The topological polar surface area (TPSA) is 72.2 Å². The summed E-state index contributed by atoms with van der Waals surface area (Å²) >= 11 is 5.08. The number of thioether (sulfide) groups is 1. The lowest BCUT2D eigenvalue weighted by molar-refractivity contribution is 0.542. The van der Waals surface area contributed by atoms with Crippen molar-refractivity contribution in [2.45, 2.75) is 30.7 Å². The molecule has 2 rings (SSSR count). The first-order chi connectivity index (χ1) is 8.90. The molecule has 1 fully saturated rings. The summed E-state index contributed by atoms with van der Waals surface area (Å²) in [4.78, 5) is 0.259. The van der Waals surface area contributed by atoms with Crippen LogP contribution in [0, 0.1) is 6.92 Å². The minimum atomic E-state index is -3.51. The lowest BCUT2D eigenvalue weighted by atomic mass is 10.2. The molecule has 1 aliphatic rings. The number of nitrogens with two attached hydrogens (primary N) is 1. The first-order valence-electron chi connectivity index (χ1n) is 6.06. The lowest BCUT2D eigenvalue weighted by Crippen LogP contribution is -2.38. The Bertz CT molecular complexity index is 569. The van der Waals surface area contributed by atoms with Gasteiger partial charge >= 0.3 is 0 Å². The second kappa shape index (κ2) is 6.03. The summed E-state index contributed by atoms with van der Waals surface area (Å²) in [6, 6.07) is 3.33. The molecule has 106 valence electrons. The maximum absolute atomic E-state index is 12.4. The molecule has 0 amide bonds. The van der Waals surface area contributed by atoms with Crippen LogP contribution in [0.5, 0.6) is 0 Å². The predicted molar refractivity (Wildman–Crippen MR) is 84.0 cm³/mol. The lowest BCUT2D eigenvalue weighted by Gasteiger charge is -2.23. The standard InChI is InChI=1S/C12H17BrN2O2S2/c1-8-11(14)5-9(13)6-12(8)19(16,17)15-10-3-2-4-18-7-10/h5-6,10,15H,2-4,7,14H2,1H3. The number of rotatable bonds is 3. The fraction of sp³-hybridized carbons (Fsp3) is 0.500. The van der Waals surface area contributed by atoms with E-state index in [2.05, 4.69) is 20.7 Å². The second-order valence-corrected chi connectivity index (χ2v) is 8.40. The molecule has 1 aliphatic heterocycles. The molecule has 0 aliphatic carbocycles. The van der Waals surface area contributed by atoms with Crippen molar-refractivity contribution in [2.75, 3.05) is 17.2 Å². The van der Waals surface area contributed by atoms with E-state index in [9.17, 15) is 8.42 Å². The van der Waals surface area contributed by atoms with Gasteiger partial charge in [-0.1, -0.05) is 15.9 Å². The Labute approximate surface area is 126 Å². The van der Waals surface area contributed by atoms with Gasteiger partial charge in [0.15, 0.2) is 0 Å². The third-order valence-electron chi connectivity index (χ3n) is 3.14. The zero-order chi connectivity index (χ0) is 14.0. The van der Waals surface area contributed by atoms with Gasteiger partial charge in [-0.2, -0.15) is 11.8 Å². The van der Waals surface area contributed by atoms with Gasteiger partial charge in [0.25, 0.3) is 0 Å². The van der Waals surface area contributed by atoms with Gasteiger partial charge in [0.05, 0.1) is 4.90 Å². The third kappa shape index (κ3) is 3.65. The van der Waals surface area contributed by atoms with Crippen LogP contribution in [0.1, 0.15) is 18.4 Å². The van der Waals surface area contributed by atoms with E-state index >= 15 is 0 Å². The highest BCUT2D eigenvalue weighted by Crippen LogP contribution is 2.27. The van der Waals surface area contributed by atoms with Crippen molar-refractivity contribution in [3.63, 3.8) is 0 Å². The summed E-state index contributed by atoms with van der Waals surface area (Å²) in [5, 5.41) is 0. The van der Waals surface area contributed by atoms with Gasteiger partial charge in [-0.05, 0) is 43.2 Å². The van der Waals surface area contributed by atoms with Crippen molar-refractivity contribution in [1.82, 2.24) is 4.72 Å². The first-order valence-corrected chi connectivity index (χ1v) is 9.49. The van der Waals surface area contributed by atoms with Crippen molar-refractivity contribution < 1.29 is 8.42 Å². The van der Waals surface area contributed by atoms with Crippen LogP contribution in [-0.4, -0.2) is 26.0 Å². The molecule has 4 nitrogen and oxygen atoms in total. The van der Waals surface area contributed by atoms with Gasteiger partial charge < -0.3 is 5.73 Å². The number of halogens is 1. The van der Waals surface area contributed by atoms with Crippen LogP contribution in [0.3, 0.4) is 0 Å². The molecule has 0 aromatic heterocycles. The molecule has 3 N–H and O–H groups in total. The first kappa shape index (κ1) is 15.2. The smallest absolute Gasteiger partial charge is 0.241 e. The van der Waals surface area contributed by atoms with E-state index in [1.807, 2.05) is 0 Å². The van der Waals surface area contributed by atoms with E-state index in [-0.39, 0.29) is 10.9 Å². The highest BCUT2D eigenvalue weighted by atomic mass is 79.9. The summed E-state index contributed by atoms with van der Waals surface area (Å²) in [6.45, 7) is 1.73. The van der Waals surface area contributed by atoms with Gasteiger partial charge in [0.2, 0.25) is 10.0 Å². The number of hydrogen-bond donors (Lipinski definition) is 2. The summed E-state index contributed by atoms with van der Waals surface area (Å²) in [6.07, 6.45) is 1.95. The number of sulfonamides is 1. The molecule has 0 saturated carbocycles. The maximum atomic E-state index is 12.4. The normalized spacial score (nSPS) is 20.4. The molecule has 1 unspecified atom stereocenters. The molecule has 7 heteroatoms. The number of nitrogen functional groups attached to an aromatic ring is 1. The Morgan fingerprint density at radius 2 is 2.21 bits per heavy atom. The predicted octanol–water partition coefficient (Wildman–Crippen LogP) is 2.51. The average Bonchev–Trinajstić information content (AvgIpc) is 2.34. The Morgan fingerprint density at radius 1 is 1.47 bits per heavy atom. The van der Waals surface area contributed by atoms with Gasteiger partial charge in [-0.15, -0.1) is 0 Å². The molecule has 1 saturated heterocycles. The average molecular weight is 365 g/mol. The molecule has 0 radical (unpaired) electrons. The zero-order valence-electron chi connectivity index (χ0n) is 10.6. The van der Waals surface area contributed by atoms with Crippen molar-refractivity contribution in [1.29, 1.82) is 0 Å². The van der Waals surface area contributed by atoms with Crippen molar-refractivity contribution in [3.8, 4) is 0 Å². The Morgan fingerprint density at radius 3 is 2.84 bits per heavy atom. The van der Waals surface area contributed by atoms with Crippen LogP contribution in [0.15, 0.2) is 21.5 Å². The van der Waals surface area contributed by atoms with Crippen LogP contribution in [-0.2, 0) is 10.0 Å². The van der Waals surface area contributed by atoms with Crippen molar-refractivity contribution in [2.24, 2.45) is 0 Å². The van der Waals surface area contributed by atoms with Gasteiger partial charge in [-0.3, -0.25) is 0 Å². The van der Waals surface area contributed by atoms with E-state index in [0.717, 1.165) is 24.3 Å². The largest absolute Gasteiger partial charge is 0.398 e. The molecule has 1 aromatic carbocycles. The summed E-state index contributed by atoms with van der Waals surface area (Å²) in [5.41, 5.74) is 6.90. The SMILES string of the molecule is Cc1c(N)cc(Br)cc1S(=O)(=O)NC1CCCSC1. The quantitative estimate of drug-likeness (QED) is 0.808. The Balaban J connectivity index is 2.28. The number of nitrogens with one attached hydrogen (secondary N) is 1. The molecular weight excluding hydrogens is 348 g/mol.